The van der Waals surface area contributed by atoms with E-state index in [1.165, 1.54) is 0 Å². The van der Waals surface area contributed by atoms with Gasteiger partial charge >= 0.3 is 0 Å². The van der Waals surface area contributed by atoms with Gasteiger partial charge in [0.1, 0.15) is 0 Å². The van der Waals surface area contributed by atoms with E-state index in [0.717, 1.165) is 22.2 Å². The highest BCUT2D eigenvalue weighted by atomic mass is 79.9. The van der Waals surface area contributed by atoms with E-state index in [9.17, 15) is 0 Å². The molecule has 1 rings (SSSR count). The van der Waals surface area contributed by atoms with Crippen LogP contribution in [-0.4, -0.2) is 11.5 Å². The molecule has 14 heavy (non-hydrogen) atoms. The molecule has 78 valence electrons. The fraction of sp³-hybridized carbons (Fsp3) is 0.545. The van der Waals surface area contributed by atoms with Gasteiger partial charge in [0, 0.05) is 22.6 Å². The summed E-state index contributed by atoms with van der Waals surface area (Å²) in [6, 6.07) is 2.09. The Morgan fingerprint density at radius 2 is 2.21 bits per heavy atom. The van der Waals surface area contributed by atoms with Crippen LogP contribution in [0.2, 0.25) is 0 Å². The summed E-state index contributed by atoms with van der Waals surface area (Å²) in [4.78, 5) is 4.46. The van der Waals surface area contributed by atoms with Crippen molar-refractivity contribution in [1.29, 1.82) is 0 Å². The van der Waals surface area contributed by atoms with Crippen LogP contribution < -0.4 is 5.73 Å². The topological polar surface area (TPSA) is 38.9 Å². The molecule has 0 aromatic carbocycles. The molecular formula is C11H17BrN2. The number of hydrogen-bond donors (Lipinski definition) is 1. The van der Waals surface area contributed by atoms with E-state index in [4.69, 9.17) is 5.73 Å². The third-order valence-electron chi connectivity index (χ3n) is 2.78. The monoisotopic (exact) mass is 256 g/mol. The first-order valence-electron chi connectivity index (χ1n) is 4.86. The van der Waals surface area contributed by atoms with Crippen LogP contribution in [0.1, 0.15) is 31.5 Å². The number of nitrogens with two attached hydrogens (primary N) is 1. The van der Waals surface area contributed by atoms with Gasteiger partial charge < -0.3 is 5.73 Å². The molecule has 0 aliphatic carbocycles. The first kappa shape index (κ1) is 11.7. The average molecular weight is 257 g/mol. The maximum Gasteiger partial charge on any atom is 0.0617 e. The van der Waals surface area contributed by atoms with E-state index < -0.39 is 0 Å². The molecule has 0 spiro atoms. The highest BCUT2D eigenvalue weighted by molar-refractivity contribution is 9.10. The quantitative estimate of drug-likeness (QED) is 0.904. The number of hydrogen-bond acceptors (Lipinski definition) is 2. The van der Waals surface area contributed by atoms with E-state index in [1.54, 1.807) is 0 Å². The smallest absolute Gasteiger partial charge is 0.0617 e. The lowest BCUT2D eigenvalue weighted by molar-refractivity contribution is 0.451. The molecule has 0 radical (unpaired) electrons. The van der Waals surface area contributed by atoms with Gasteiger partial charge in [0.2, 0.25) is 0 Å². The number of pyridine rings is 1. The number of aromatic nitrogens is 1. The van der Waals surface area contributed by atoms with Crippen molar-refractivity contribution in [2.24, 2.45) is 5.73 Å². The first-order valence-corrected chi connectivity index (χ1v) is 5.65. The van der Waals surface area contributed by atoms with Crippen LogP contribution in [0.4, 0.5) is 0 Å². The maximum atomic E-state index is 5.80. The van der Waals surface area contributed by atoms with Gasteiger partial charge in [-0.05, 0) is 40.9 Å². The standard InChI is InChI=1S/C11H17BrN2/c1-4-11(3,7-13)10-9(12)5-8(2)6-14-10/h5-6H,4,7,13H2,1-3H3. The number of nitrogens with zero attached hydrogens (tertiary/aromatic N) is 1. The lowest BCUT2D eigenvalue weighted by Gasteiger charge is -2.26. The summed E-state index contributed by atoms with van der Waals surface area (Å²) in [6.07, 6.45) is 2.89. The van der Waals surface area contributed by atoms with Crippen molar-refractivity contribution in [2.75, 3.05) is 6.54 Å². The highest BCUT2D eigenvalue weighted by Crippen LogP contribution is 2.30. The van der Waals surface area contributed by atoms with E-state index in [2.05, 4.69) is 40.8 Å². The van der Waals surface area contributed by atoms with Crippen molar-refractivity contribution in [3.05, 3.63) is 28.0 Å². The fourth-order valence-corrected chi connectivity index (χ4v) is 2.33. The minimum absolute atomic E-state index is 0.0213. The predicted octanol–water partition coefficient (Wildman–Crippen LogP) is 2.78. The number of rotatable bonds is 3. The molecule has 1 heterocycles. The Bertz CT molecular complexity index is 319. The van der Waals surface area contributed by atoms with E-state index >= 15 is 0 Å². The zero-order chi connectivity index (χ0) is 10.8. The Hall–Kier alpha value is -0.410. The van der Waals surface area contributed by atoms with Crippen molar-refractivity contribution >= 4 is 15.9 Å². The normalized spacial score (nSPS) is 15.2. The summed E-state index contributed by atoms with van der Waals surface area (Å²) in [5, 5.41) is 0. The molecule has 0 aliphatic rings. The summed E-state index contributed by atoms with van der Waals surface area (Å²) < 4.78 is 1.06. The van der Waals surface area contributed by atoms with Crippen molar-refractivity contribution in [2.45, 2.75) is 32.6 Å². The number of halogens is 1. The first-order chi connectivity index (χ1) is 6.53. The van der Waals surface area contributed by atoms with Gasteiger partial charge in [-0.15, -0.1) is 0 Å². The van der Waals surface area contributed by atoms with Crippen LogP contribution >= 0.6 is 15.9 Å². The van der Waals surface area contributed by atoms with E-state index in [0.29, 0.717) is 6.54 Å². The lowest BCUT2D eigenvalue weighted by Crippen LogP contribution is -2.32. The zero-order valence-corrected chi connectivity index (χ0v) is 10.6. The molecule has 0 amide bonds. The Morgan fingerprint density at radius 3 is 2.64 bits per heavy atom. The Morgan fingerprint density at radius 1 is 1.57 bits per heavy atom. The molecule has 1 unspecified atom stereocenters. The molecule has 1 aromatic heterocycles. The molecule has 2 N–H and O–H groups in total. The Balaban J connectivity index is 3.17. The number of aryl methyl sites for hydroxylation is 1. The van der Waals surface area contributed by atoms with Crippen molar-refractivity contribution in [3.8, 4) is 0 Å². The summed E-state index contributed by atoms with van der Waals surface area (Å²) in [5.74, 6) is 0. The van der Waals surface area contributed by atoms with Crippen molar-refractivity contribution in [3.63, 3.8) is 0 Å². The van der Waals surface area contributed by atoms with Crippen molar-refractivity contribution < 1.29 is 0 Å². The van der Waals surface area contributed by atoms with E-state index in [-0.39, 0.29) is 5.41 Å². The zero-order valence-electron chi connectivity index (χ0n) is 8.97. The van der Waals surface area contributed by atoms with Gasteiger partial charge in [0.15, 0.2) is 0 Å². The third-order valence-corrected chi connectivity index (χ3v) is 3.38. The summed E-state index contributed by atoms with van der Waals surface area (Å²) in [6.45, 7) is 6.95. The van der Waals surface area contributed by atoms with Gasteiger partial charge in [-0.3, -0.25) is 4.98 Å². The van der Waals surface area contributed by atoms with Gasteiger partial charge in [-0.1, -0.05) is 13.8 Å². The van der Waals surface area contributed by atoms with Crippen LogP contribution in [0.15, 0.2) is 16.7 Å². The Labute approximate surface area is 94.0 Å². The molecule has 0 saturated heterocycles. The SMILES string of the molecule is CCC(C)(CN)c1ncc(C)cc1Br. The molecule has 2 nitrogen and oxygen atoms in total. The fourth-order valence-electron chi connectivity index (χ4n) is 1.39. The third kappa shape index (κ3) is 2.15. The van der Waals surface area contributed by atoms with E-state index in [1.807, 2.05) is 13.1 Å². The lowest BCUT2D eigenvalue weighted by atomic mass is 9.83. The second-order valence-electron chi connectivity index (χ2n) is 3.96. The predicted molar refractivity (Wildman–Crippen MR) is 63.4 cm³/mol. The Kier molecular flexibility index (Phi) is 3.67. The highest BCUT2D eigenvalue weighted by Gasteiger charge is 2.26. The maximum absolute atomic E-state index is 5.80. The van der Waals surface area contributed by atoms with Gasteiger partial charge in [0.05, 0.1) is 5.69 Å². The molecule has 1 aromatic rings. The molecule has 3 heteroatoms. The molecule has 0 bridgehead atoms. The average Bonchev–Trinajstić information content (AvgIpc) is 2.17. The second-order valence-corrected chi connectivity index (χ2v) is 4.82. The second kappa shape index (κ2) is 4.41. The molecule has 0 aliphatic heterocycles. The van der Waals surface area contributed by atoms with Gasteiger partial charge in [0.25, 0.3) is 0 Å². The minimum atomic E-state index is -0.0213. The van der Waals surface area contributed by atoms with Gasteiger partial charge in [-0.25, -0.2) is 0 Å². The molecular weight excluding hydrogens is 240 g/mol. The largest absolute Gasteiger partial charge is 0.330 e. The van der Waals surface area contributed by atoms with Gasteiger partial charge in [-0.2, -0.15) is 0 Å². The molecule has 1 atom stereocenters. The van der Waals surface area contributed by atoms with Crippen LogP contribution in [0.25, 0.3) is 0 Å². The molecule has 0 saturated carbocycles. The van der Waals surface area contributed by atoms with Crippen molar-refractivity contribution in [1.82, 2.24) is 4.98 Å². The summed E-state index contributed by atoms with van der Waals surface area (Å²) in [7, 11) is 0. The van der Waals surface area contributed by atoms with Crippen LogP contribution in [0, 0.1) is 6.92 Å². The van der Waals surface area contributed by atoms with Crippen LogP contribution in [0.5, 0.6) is 0 Å². The minimum Gasteiger partial charge on any atom is -0.330 e. The van der Waals surface area contributed by atoms with Crippen LogP contribution in [-0.2, 0) is 5.41 Å². The summed E-state index contributed by atoms with van der Waals surface area (Å²) >= 11 is 3.55. The summed E-state index contributed by atoms with van der Waals surface area (Å²) in [5.41, 5.74) is 8.00. The van der Waals surface area contributed by atoms with Crippen LogP contribution in [0.3, 0.4) is 0 Å². The molecule has 0 fully saturated rings.